The van der Waals surface area contributed by atoms with Crippen molar-refractivity contribution < 1.29 is 8.83 Å². The summed E-state index contributed by atoms with van der Waals surface area (Å²) in [4.78, 5) is 2.30. The minimum Gasteiger partial charge on any atom is -0.455 e. The molecular weight excluding hydrogens is 478 g/mol. The van der Waals surface area contributed by atoms with Crippen LogP contribution in [0.5, 0.6) is 0 Å². The Bertz CT molecular complexity index is 2080. The van der Waals surface area contributed by atoms with E-state index in [1.807, 2.05) is 36.4 Å². The molecule has 0 aliphatic heterocycles. The molecule has 2 heterocycles. The Labute approximate surface area is 225 Å². The largest absolute Gasteiger partial charge is 0.455 e. The zero-order chi connectivity index (χ0) is 25.8. The van der Waals surface area contributed by atoms with Crippen LogP contribution in [0.1, 0.15) is 0 Å². The first-order valence-electron chi connectivity index (χ1n) is 13.1. The standard InChI is InChI=1S/C36H23NO2/c1-3-12-24(13-4-1)37(25-14-5-2-6-15-25)26-22-31-28-17-8-10-21-34(28)39-36(31)32(23-26)30-19-11-18-29-27-16-7-9-20-33(27)38-35(29)30/h1-23H. The first-order valence-corrected chi connectivity index (χ1v) is 13.1. The van der Waals surface area contributed by atoms with E-state index in [2.05, 4.69) is 108 Å². The van der Waals surface area contributed by atoms with Crippen LogP contribution in [0.4, 0.5) is 17.1 Å². The quantitative estimate of drug-likeness (QED) is 0.240. The Morgan fingerprint density at radius 2 is 0.872 bits per heavy atom. The van der Waals surface area contributed by atoms with Gasteiger partial charge < -0.3 is 13.7 Å². The van der Waals surface area contributed by atoms with E-state index in [1.165, 1.54) is 0 Å². The van der Waals surface area contributed by atoms with Gasteiger partial charge in [0.05, 0.1) is 0 Å². The Morgan fingerprint density at radius 1 is 0.359 bits per heavy atom. The predicted molar refractivity (Wildman–Crippen MR) is 161 cm³/mol. The van der Waals surface area contributed by atoms with Crippen molar-refractivity contribution in [3.8, 4) is 11.1 Å². The Kier molecular flexibility index (Phi) is 4.82. The van der Waals surface area contributed by atoms with Gasteiger partial charge in [-0.05, 0) is 48.5 Å². The highest BCUT2D eigenvalue weighted by Gasteiger charge is 2.21. The average molecular weight is 502 g/mol. The molecule has 0 radical (unpaired) electrons. The van der Waals surface area contributed by atoms with Crippen molar-refractivity contribution in [2.45, 2.75) is 0 Å². The van der Waals surface area contributed by atoms with Gasteiger partial charge in [0.15, 0.2) is 0 Å². The van der Waals surface area contributed by atoms with Gasteiger partial charge in [-0.2, -0.15) is 0 Å². The molecule has 0 amide bonds. The van der Waals surface area contributed by atoms with E-state index in [4.69, 9.17) is 8.83 Å². The molecule has 2 aromatic heterocycles. The third-order valence-corrected chi connectivity index (χ3v) is 7.44. The summed E-state index contributed by atoms with van der Waals surface area (Å²) in [5.41, 5.74) is 8.70. The fourth-order valence-electron chi connectivity index (χ4n) is 5.70. The molecule has 0 aliphatic rings. The second-order valence-electron chi connectivity index (χ2n) is 9.76. The number of furan rings is 2. The van der Waals surface area contributed by atoms with Crippen LogP contribution in [-0.2, 0) is 0 Å². The second kappa shape index (κ2) is 8.64. The molecule has 3 heteroatoms. The van der Waals surface area contributed by atoms with Crippen molar-refractivity contribution in [1.29, 1.82) is 0 Å². The van der Waals surface area contributed by atoms with Crippen LogP contribution in [0.15, 0.2) is 148 Å². The van der Waals surface area contributed by atoms with E-state index < -0.39 is 0 Å². The first-order chi connectivity index (χ1) is 19.3. The normalized spacial score (nSPS) is 11.6. The summed E-state index contributed by atoms with van der Waals surface area (Å²) < 4.78 is 13.0. The molecule has 0 N–H and O–H groups in total. The van der Waals surface area contributed by atoms with E-state index in [1.54, 1.807) is 0 Å². The van der Waals surface area contributed by atoms with Gasteiger partial charge in [0.25, 0.3) is 0 Å². The van der Waals surface area contributed by atoms with Crippen molar-refractivity contribution in [2.75, 3.05) is 4.90 Å². The number of rotatable bonds is 4. The minimum absolute atomic E-state index is 0.856. The van der Waals surface area contributed by atoms with Crippen LogP contribution in [0.2, 0.25) is 0 Å². The third-order valence-electron chi connectivity index (χ3n) is 7.44. The molecular formula is C36H23NO2. The monoisotopic (exact) mass is 501 g/mol. The second-order valence-corrected chi connectivity index (χ2v) is 9.76. The molecule has 184 valence electrons. The van der Waals surface area contributed by atoms with Gasteiger partial charge in [-0.1, -0.05) is 91.0 Å². The molecule has 8 aromatic rings. The van der Waals surface area contributed by atoms with Crippen molar-refractivity contribution in [2.24, 2.45) is 0 Å². The van der Waals surface area contributed by atoms with Crippen LogP contribution in [-0.4, -0.2) is 0 Å². The van der Waals surface area contributed by atoms with Gasteiger partial charge >= 0.3 is 0 Å². The Morgan fingerprint density at radius 3 is 1.51 bits per heavy atom. The van der Waals surface area contributed by atoms with E-state index >= 15 is 0 Å². The number of para-hydroxylation sites is 5. The lowest BCUT2D eigenvalue weighted by Crippen LogP contribution is -2.09. The van der Waals surface area contributed by atoms with E-state index in [9.17, 15) is 0 Å². The van der Waals surface area contributed by atoms with Gasteiger partial charge in [0.2, 0.25) is 0 Å². The smallest absolute Gasteiger partial charge is 0.143 e. The zero-order valence-corrected chi connectivity index (χ0v) is 21.0. The highest BCUT2D eigenvalue weighted by molar-refractivity contribution is 6.16. The lowest BCUT2D eigenvalue weighted by Gasteiger charge is -2.26. The molecule has 0 bridgehead atoms. The van der Waals surface area contributed by atoms with Gasteiger partial charge in [-0.15, -0.1) is 0 Å². The van der Waals surface area contributed by atoms with E-state index in [0.29, 0.717) is 0 Å². The summed E-state index contributed by atoms with van der Waals surface area (Å²) in [5, 5.41) is 4.37. The van der Waals surface area contributed by atoms with Crippen LogP contribution in [0.25, 0.3) is 55.0 Å². The Balaban J connectivity index is 1.48. The van der Waals surface area contributed by atoms with Crippen molar-refractivity contribution >= 4 is 60.9 Å². The zero-order valence-electron chi connectivity index (χ0n) is 21.0. The van der Waals surface area contributed by atoms with E-state index in [0.717, 1.165) is 72.1 Å². The molecule has 6 aromatic carbocycles. The Hall–Kier alpha value is -5.28. The number of fused-ring (bicyclic) bond motifs is 6. The lowest BCUT2D eigenvalue weighted by atomic mass is 9.98. The van der Waals surface area contributed by atoms with Gasteiger partial charge in [0, 0.05) is 49.7 Å². The van der Waals surface area contributed by atoms with Gasteiger partial charge in [-0.25, -0.2) is 0 Å². The minimum atomic E-state index is 0.856. The molecule has 0 saturated heterocycles. The molecule has 0 fully saturated rings. The SMILES string of the molecule is c1ccc(N(c2ccccc2)c2cc(-c3cccc4c3oc3ccccc34)c3oc4ccccc4c3c2)cc1. The molecule has 0 atom stereocenters. The van der Waals surface area contributed by atoms with Crippen LogP contribution < -0.4 is 4.90 Å². The number of hydrogen-bond donors (Lipinski definition) is 0. The fraction of sp³-hybridized carbons (Fsp3) is 0. The maximum atomic E-state index is 6.55. The molecule has 0 spiro atoms. The summed E-state index contributed by atoms with van der Waals surface area (Å²) in [6.07, 6.45) is 0. The van der Waals surface area contributed by atoms with Crippen molar-refractivity contribution in [1.82, 2.24) is 0 Å². The molecule has 0 aliphatic carbocycles. The molecule has 8 rings (SSSR count). The fourth-order valence-corrected chi connectivity index (χ4v) is 5.70. The molecule has 0 unspecified atom stereocenters. The first kappa shape index (κ1) is 21.8. The molecule has 3 nitrogen and oxygen atoms in total. The summed E-state index contributed by atoms with van der Waals surface area (Å²) >= 11 is 0. The molecule has 0 saturated carbocycles. The maximum absolute atomic E-state index is 6.55. The highest BCUT2D eigenvalue weighted by Crippen LogP contribution is 2.45. The summed E-state index contributed by atoms with van der Waals surface area (Å²) in [6.45, 7) is 0. The number of anilines is 3. The average Bonchev–Trinajstić information content (AvgIpc) is 3.57. The summed E-state index contributed by atoms with van der Waals surface area (Å²) in [6, 6.07) is 48.3. The highest BCUT2D eigenvalue weighted by atomic mass is 16.3. The van der Waals surface area contributed by atoms with Crippen LogP contribution in [0, 0.1) is 0 Å². The summed E-state index contributed by atoms with van der Waals surface area (Å²) in [5.74, 6) is 0. The maximum Gasteiger partial charge on any atom is 0.143 e. The number of hydrogen-bond acceptors (Lipinski definition) is 3. The van der Waals surface area contributed by atoms with Crippen LogP contribution >= 0.6 is 0 Å². The topological polar surface area (TPSA) is 29.5 Å². The predicted octanol–water partition coefficient (Wildman–Crippen LogP) is 10.6. The number of nitrogens with zero attached hydrogens (tertiary/aromatic N) is 1. The number of benzene rings is 6. The van der Waals surface area contributed by atoms with Crippen molar-refractivity contribution in [3.63, 3.8) is 0 Å². The lowest BCUT2D eigenvalue weighted by molar-refractivity contribution is 0.665. The molecule has 39 heavy (non-hydrogen) atoms. The van der Waals surface area contributed by atoms with Gasteiger partial charge in [0.1, 0.15) is 22.3 Å². The van der Waals surface area contributed by atoms with E-state index in [-0.39, 0.29) is 0 Å². The van der Waals surface area contributed by atoms with Crippen LogP contribution in [0.3, 0.4) is 0 Å². The third kappa shape index (κ3) is 3.44. The summed E-state index contributed by atoms with van der Waals surface area (Å²) in [7, 11) is 0. The van der Waals surface area contributed by atoms with Gasteiger partial charge in [-0.3, -0.25) is 0 Å². The van der Waals surface area contributed by atoms with Crippen molar-refractivity contribution in [3.05, 3.63) is 140 Å².